The average molecular weight is 182 g/mol. The normalized spacial score (nSPS) is 11.2. The summed E-state index contributed by atoms with van der Waals surface area (Å²) in [6, 6.07) is 0. The lowest BCUT2D eigenvalue weighted by Gasteiger charge is -1.91. The molecule has 0 aromatic rings. The number of carbonyl (C=O) groups excluding carboxylic acids is 1. The third kappa shape index (κ3) is 8.86. The molecular weight excluding hydrogens is 164 g/mol. The fraction of sp³-hybridized carbons (Fsp3) is 0.545. The van der Waals surface area contributed by atoms with Crippen LogP contribution in [0.3, 0.4) is 0 Å². The lowest BCUT2D eigenvalue weighted by molar-refractivity contribution is -0.137. The number of carbonyl (C=O) groups is 1. The molecule has 0 rings (SSSR count). The molecule has 0 spiro atoms. The van der Waals surface area contributed by atoms with Crippen LogP contribution in [-0.2, 0) is 9.53 Å². The van der Waals surface area contributed by atoms with E-state index in [1.54, 1.807) is 13.0 Å². The van der Waals surface area contributed by atoms with Crippen LogP contribution in [0.1, 0.15) is 39.5 Å². The molecule has 0 amide bonds. The van der Waals surface area contributed by atoms with Crippen molar-refractivity contribution < 1.29 is 9.53 Å². The molecule has 0 aromatic heterocycles. The van der Waals surface area contributed by atoms with Gasteiger partial charge in [0.2, 0.25) is 0 Å². The maximum Gasteiger partial charge on any atom is 0.310 e. The molecule has 0 unspecified atom stereocenters. The Balaban J connectivity index is 3.40. The molecule has 0 aliphatic carbocycles. The van der Waals surface area contributed by atoms with Gasteiger partial charge >= 0.3 is 5.97 Å². The van der Waals surface area contributed by atoms with Crippen LogP contribution in [-0.4, -0.2) is 5.97 Å². The fourth-order valence-electron chi connectivity index (χ4n) is 0.741. The van der Waals surface area contributed by atoms with E-state index < -0.39 is 0 Å². The zero-order chi connectivity index (χ0) is 9.94. The topological polar surface area (TPSA) is 26.3 Å². The van der Waals surface area contributed by atoms with Crippen molar-refractivity contribution in [1.29, 1.82) is 0 Å². The Bertz CT molecular complexity index is 181. The van der Waals surface area contributed by atoms with E-state index >= 15 is 0 Å². The van der Waals surface area contributed by atoms with Gasteiger partial charge in [0.25, 0.3) is 0 Å². The van der Waals surface area contributed by atoms with Crippen LogP contribution in [0.2, 0.25) is 0 Å². The molecule has 0 heterocycles. The Morgan fingerprint density at radius 3 is 2.69 bits per heavy atom. The van der Waals surface area contributed by atoms with Crippen LogP contribution in [0, 0.1) is 0 Å². The SMILES string of the molecule is CCCCC=CC=COC(=O)CC. The minimum Gasteiger partial charge on any atom is -0.434 e. The van der Waals surface area contributed by atoms with E-state index in [0.717, 1.165) is 6.42 Å². The summed E-state index contributed by atoms with van der Waals surface area (Å²) in [5.41, 5.74) is 0. The lowest BCUT2D eigenvalue weighted by Crippen LogP contribution is -1.94. The molecule has 13 heavy (non-hydrogen) atoms. The van der Waals surface area contributed by atoms with Crippen molar-refractivity contribution >= 4 is 5.97 Å². The molecule has 0 atom stereocenters. The van der Waals surface area contributed by atoms with Gasteiger partial charge in [0.1, 0.15) is 0 Å². The fourth-order valence-corrected chi connectivity index (χ4v) is 0.741. The van der Waals surface area contributed by atoms with Gasteiger partial charge in [-0.1, -0.05) is 38.8 Å². The average Bonchev–Trinajstić information content (AvgIpc) is 2.16. The van der Waals surface area contributed by atoms with Crippen molar-refractivity contribution in [2.75, 3.05) is 0 Å². The van der Waals surface area contributed by atoms with Gasteiger partial charge in [-0.2, -0.15) is 0 Å². The second-order valence-corrected chi connectivity index (χ2v) is 2.74. The smallest absolute Gasteiger partial charge is 0.310 e. The van der Waals surface area contributed by atoms with Crippen LogP contribution in [0.25, 0.3) is 0 Å². The van der Waals surface area contributed by atoms with Crippen molar-refractivity contribution in [3.05, 3.63) is 24.5 Å². The second-order valence-electron chi connectivity index (χ2n) is 2.74. The lowest BCUT2D eigenvalue weighted by atomic mass is 10.2. The van der Waals surface area contributed by atoms with Crippen LogP contribution >= 0.6 is 0 Å². The van der Waals surface area contributed by atoms with Gasteiger partial charge in [-0.25, -0.2) is 0 Å². The Morgan fingerprint density at radius 2 is 2.08 bits per heavy atom. The Labute approximate surface area is 80.3 Å². The highest BCUT2D eigenvalue weighted by atomic mass is 16.5. The summed E-state index contributed by atoms with van der Waals surface area (Å²) in [4.78, 5) is 10.6. The molecule has 0 radical (unpaired) electrons. The zero-order valence-electron chi connectivity index (χ0n) is 8.45. The van der Waals surface area contributed by atoms with E-state index in [4.69, 9.17) is 4.74 Å². The summed E-state index contributed by atoms with van der Waals surface area (Å²) in [7, 11) is 0. The number of hydrogen-bond acceptors (Lipinski definition) is 2. The molecule has 0 aliphatic heterocycles. The van der Waals surface area contributed by atoms with Crippen molar-refractivity contribution in [3.8, 4) is 0 Å². The number of ether oxygens (including phenoxy) is 1. The van der Waals surface area contributed by atoms with E-state index in [1.807, 2.05) is 6.08 Å². The van der Waals surface area contributed by atoms with Crippen LogP contribution in [0.15, 0.2) is 24.5 Å². The minimum atomic E-state index is -0.196. The molecule has 0 aromatic carbocycles. The van der Waals surface area contributed by atoms with Gasteiger partial charge in [-0.3, -0.25) is 4.79 Å². The van der Waals surface area contributed by atoms with Crippen molar-refractivity contribution in [2.45, 2.75) is 39.5 Å². The summed E-state index contributed by atoms with van der Waals surface area (Å²) >= 11 is 0. The molecule has 0 aliphatic rings. The molecular formula is C11H18O2. The standard InChI is InChI=1S/C11H18O2/c1-3-5-6-7-8-9-10-13-11(12)4-2/h7-10H,3-6H2,1-2H3. The Kier molecular flexibility index (Phi) is 8.31. The Morgan fingerprint density at radius 1 is 1.31 bits per heavy atom. The number of hydrogen-bond donors (Lipinski definition) is 0. The van der Waals surface area contributed by atoms with Gasteiger partial charge < -0.3 is 4.74 Å². The number of esters is 1. The van der Waals surface area contributed by atoms with Crippen LogP contribution in [0.4, 0.5) is 0 Å². The number of rotatable bonds is 6. The number of allylic oxidation sites excluding steroid dienone is 3. The van der Waals surface area contributed by atoms with Crippen LogP contribution in [0.5, 0.6) is 0 Å². The minimum absolute atomic E-state index is 0.196. The third-order valence-electron chi connectivity index (χ3n) is 1.54. The van der Waals surface area contributed by atoms with Gasteiger partial charge in [0, 0.05) is 6.42 Å². The van der Waals surface area contributed by atoms with E-state index in [1.165, 1.54) is 19.1 Å². The monoisotopic (exact) mass is 182 g/mol. The van der Waals surface area contributed by atoms with Gasteiger partial charge in [0.15, 0.2) is 0 Å². The maximum atomic E-state index is 10.6. The maximum absolute atomic E-state index is 10.6. The summed E-state index contributed by atoms with van der Waals surface area (Å²) in [6.45, 7) is 3.93. The van der Waals surface area contributed by atoms with Crippen molar-refractivity contribution in [1.82, 2.24) is 0 Å². The number of unbranched alkanes of at least 4 members (excludes halogenated alkanes) is 2. The molecule has 0 saturated heterocycles. The third-order valence-corrected chi connectivity index (χ3v) is 1.54. The predicted molar refractivity (Wildman–Crippen MR) is 54.2 cm³/mol. The second kappa shape index (κ2) is 9.04. The highest BCUT2D eigenvalue weighted by Gasteiger charge is 1.90. The Hall–Kier alpha value is -1.05. The molecule has 2 heteroatoms. The summed E-state index contributed by atoms with van der Waals surface area (Å²) in [6.07, 6.45) is 11.1. The molecule has 0 saturated carbocycles. The zero-order valence-corrected chi connectivity index (χ0v) is 8.45. The summed E-state index contributed by atoms with van der Waals surface area (Å²) in [5, 5.41) is 0. The summed E-state index contributed by atoms with van der Waals surface area (Å²) in [5.74, 6) is -0.196. The quantitative estimate of drug-likeness (QED) is 0.273. The van der Waals surface area contributed by atoms with Crippen molar-refractivity contribution in [3.63, 3.8) is 0 Å². The van der Waals surface area contributed by atoms with Crippen molar-refractivity contribution in [2.24, 2.45) is 0 Å². The molecule has 0 fully saturated rings. The molecule has 2 nitrogen and oxygen atoms in total. The largest absolute Gasteiger partial charge is 0.434 e. The molecule has 74 valence electrons. The van der Waals surface area contributed by atoms with Crippen LogP contribution < -0.4 is 0 Å². The summed E-state index contributed by atoms with van der Waals surface area (Å²) < 4.78 is 4.73. The molecule has 0 bridgehead atoms. The predicted octanol–water partition coefficient (Wildman–Crippen LogP) is 3.20. The first-order chi connectivity index (χ1) is 6.31. The first-order valence-corrected chi connectivity index (χ1v) is 4.82. The van der Waals surface area contributed by atoms with E-state index in [0.29, 0.717) is 6.42 Å². The van der Waals surface area contributed by atoms with E-state index in [2.05, 4.69) is 13.0 Å². The highest BCUT2D eigenvalue weighted by Crippen LogP contribution is 1.95. The van der Waals surface area contributed by atoms with E-state index in [9.17, 15) is 4.79 Å². The van der Waals surface area contributed by atoms with Gasteiger partial charge in [-0.15, -0.1) is 0 Å². The van der Waals surface area contributed by atoms with Gasteiger partial charge in [-0.05, 0) is 12.5 Å². The van der Waals surface area contributed by atoms with Gasteiger partial charge in [0.05, 0.1) is 6.26 Å². The first kappa shape index (κ1) is 11.9. The first-order valence-electron chi connectivity index (χ1n) is 4.82. The van der Waals surface area contributed by atoms with E-state index in [-0.39, 0.29) is 5.97 Å². The highest BCUT2D eigenvalue weighted by molar-refractivity contribution is 5.69. The molecule has 0 N–H and O–H groups in total.